The van der Waals surface area contributed by atoms with E-state index in [1.807, 2.05) is 0 Å². The molecule has 1 aromatic carbocycles. The van der Waals surface area contributed by atoms with Crippen molar-refractivity contribution < 1.29 is 18.3 Å². The highest BCUT2D eigenvalue weighted by Crippen LogP contribution is 2.17. The van der Waals surface area contributed by atoms with Gasteiger partial charge in [-0.1, -0.05) is 12.1 Å². The molecule has 15 heavy (non-hydrogen) atoms. The Hall–Kier alpha value is -1.23. The molecule has 0 amide bonds. The van der Waals surface area contributed by atoms with Gasteiger partial charge in [-0.25, -0.2) is 0 Å². The van der Waals surface area contributed by atoms with Crippen molar-refractivity contribution in [2.24, 2.45) is 0 Å². The van der Waals surface area contributed by atoms with Gasteiger partial charge in [-0.15, -0.1) is 0 Å². The molecule has 0 radical (unpaired) electrons. The minimum atomic E-state index is -4.17. The van der Waals surface area contributed by atoms with Crippen LogP contribution in [0.1, 0.15) is 5.56 Å². The number of benzene rings is 1. The second-order valence-electron chi connectivity index (χ2n) is 3.45. The normalized spacial score (nSPS) is 12.1. The fraction of sp³-hybridized carbons (Fsp3) is 0.400. The maximum atomic E-state index is 12.0. The van der Waals surface area contributed by atoms with E-state index in [0.29, 0.717) is 0 Å². The van der Waals surface area contributed by atoms with Crippen LogP contribution in [-0.4, -0.2) is 29.8 Å². The van der Waals surface area contributed by atoms with E-state index in [9.17, 15) is 13.2 Å². The molecule has 0 aliphatic rings. The van der Waals surface area contributed by atoms with Crippen LogP contribution in [0, 0.1) is 0 Å². The summed E-state index contributed by atoms with van der Waals surface area (Å²) in [4.78, 5) is 1.17. The SMILES string of the molecule is CN(Cc1ccc(O)cc1)CC(F)(F)F. The van der Waals surface area contributed by atoms with Gasteiger partial charge in [-0.2, -0.15) is 13.2 Å². The molecule has 0 spiro atoms. The van der Waals surface area contributed by atoms with Crippen LogP contribution >= 0.6 is 0 Å². The summed E-state index contributed by atoms with van der Waals surface area (Å²) < 4.78 is 36.0. The van der Waals surface area contributed by atoms with E-state index in [0.717, 1.165) is 5.56 Å². The van der Waals surface area contributed by atoms with Crippen LogP contribution in [-0.2, 0) is 6.54 Å². The lowest BCUT2D eigenvalue weighted by Gasteiger charge is -2.18. The Morgan fingerprint density at radius 3 is 2.20 bits per heavy atom. The third kappa shape index (κ3) is 4.69. The smallest absolute Gasteiger partial charge is 0.401 e. The molecule has 0 bridgehead atoms. The molecule has 0 aliphatic heterocycles. The van der Waals surface area contributed by atoms with E-state index in [1.54, 1.807) is 12.1 Å². The first-order valence-electron chi connectivity index (χ1n) is 4.40. The van der Waals surface area contributed by atoms with E-state index < -0.39 is 12.7 Å². The second kappa shape index (κ2) is 4.53. The van der Waals surface area contributed by atoms with E-state index in [1.165, 1.54) is 24.1 Å². The number of alkyl halides is 3. The van der Waals surface area contributed by atoms with Crippen molar-refractivity contribution in [3.05, 3.63) is 29.8 Å². The molecule has 0 saturated heterocycles. The molecular formula is C10H12F3NO. The Bertz CT molecular complexity index is 307. The average molecular weight is 219 g/mol. The summed E-state index contributed by atoms with van der Waals surface area (Å²) in [5.41, 5.74) is 0.736. The first-order valence-corrected chi connectivity index (χ1v) is 4.40. The molecule has 1 N–H and O–H groups in total. The van der Waals surface area contributed by atoms with Crippen molar-refractivity contribution >= 4 is 0 Å². The summed E-state index contributed by atoms with van der Waals surface area (Å²) in [7, 11) is 1.40. The van der Waals surface area contributed by atoms with Crippen LogP contribution in [0.4, 0.5) is 13.2 Å². The van der Waals surface area contributed by atoms with E-state index in [4.69, 9.17) is 5.11 Å². The highest BCUT2D eigenvalue weighted by molar-refractivity contribution is 5.25. The maximum absolute atomic E-state index is 12.0. The van der Waals surface area contributed by atoms with Gasteiger partial charge in [-0.3, -0.25) is 4.90 Å². The topological polar surface area (TPSA) is 23.5 Å². The van der Waals surface area contributed by atoms with Crippen molar-refractivity contribution in [2.45, 2.75) is 12.7 Å². The number of nitrogens with zero attached hydrogens (tertiary/aromatic N) is 1. The summed E-state index contributed by atoms with van der Waals surface area (Å²) in [6.45, 7) is -0.729. The van der Waals surface area contributed by atoms with Crippen LogP contribution in [0.5, 0.6) is 5.75 Å². The highest BCUT2D eigenvalue weighted by Gasteiger charge is 2.28. The van der Waals surface area contributed by atoms with Gasteiger partial charge in [-0.05, 0) is 24.7 Å². The quantitative estimate of drug-likeness (QED) is 0.843. The lowest BCUT2D eigenvalue weighted by atomic mass is 10.2. The zero-order valence-corrected chi connectivity index (χ0v) is 8.25. The van der Waals surface area contributed by atoms with E-state index >= 15 is 0 Å². The Morgan fingerprint density at radius 2 is 1.73 bits per heavy atom. The van der Waals surface area contributed by atoms with Crippen LogP contribution in [0.3, 0.4) is 0 Å². The summed E-state index contributed by atoms with van der Waals surface area (Å²) in [6.07, 6.45) is -4.17. The molecule has 1 aromatic rings. The predicted octanol–water partition coefficient (Wildman–Crippen LogP) is 2.39. The zero-order chi connectivity index (χ0) is 11.5. The number of phenolic OH excluding ortho intramolecular Hbond substituents is 1. The second-order valence-corrected chi connectivity index (χ2v) is 3.45. The number of hydrogen-bond donors (Lipinski definition) is 1. The summed E-state index contributed by atoms with van der Waals surface area (Å²) in [6, 6.07) is 6.11. The Kier molecular flexibility index (Phi) is 3.57. The van der Waals surface area contributed by atoms with Crippen molar-refractivity contribution in [3.63, 3.8) is 0 Å². The summed E-state index contributed by atoms with van der Waals surface area (Å²) in [5.74, 6) is 0.109. The molecule has 84 valence electrons. The Labute approximate surface area is 85.9 Å². The molecular weight excluding hydrogens is 207 g/mol. The molecule has 2 nitrogen and oxygen atoms in total. The summed E-state index contributed by atoms with van der Waals surface area (Å²) >= 11 is 0. The Morgan fingerprint density at radius 1 is 1.20 bits per heavy atom. The number of phenols is 1. The monoisotopic (exact) mass is 219 g/mol. The van der Waals surface area contributed by atoms with Gasteiger partial charge in [0.15, 0.2) is 0 Å². The number of hydrogen-bond acceptors (Lipinski definition) is 2. The standard InChI is InChI=1S/C10H12F3NO/c1-14(7-10(11,12)13)6-8-2-4-9(15)5-3-8/h2-5,15H,6-7H2,1H3. The third-order valence-corrected chi connectivity index (χ3v) is 1.84. The van der Waals surface area contributed by atoms with Gasteiger partial charge in [0.1, 0.15) is 5.75 Å². The van der Waals surface area contributed by atoms with Crippen molar-refractivity contribution in [1.29, 1.82) is 0 Å². The van der Waals surface area contributed by atoms with Crippen LogP contribution < -0.4 is 0 Å². The minimum absolute atomic E-state index is 0.109. The molecule has 0 aromatic heterocycles. The van der Waals surface area contributed by atoms with Crippen LogP contribution in [0.2, 0.25) is 0 Å². The fourth-order valence-corrected chi connectivity index (χ4v) is 1.27. The summed E-state index contributed by atoms with van der Waals surface area (Å²) in [5, 5.41) is 8.98. The average Bonchev–Trinajstić information content (AvgIpc) is 2.05. The van der Waals surface area contributed by atoms with Crippen LogP contribution in [0.15, 0.2) is 24.3 Å². The van der Waals surface area contributed by atoms with Gasteiger partial charge in [0.2, 0.25) is 0 Å². The van der Waals surface area contributed by atoms with Crippen molar-refractivity contribution in [2.75, 3.05) is 13.6 Å². The van der Waals surface area contributed by atoms with Gasteiger partial charge < -0.3 is 5.11 Å². The minimum Gasteiger partial charge on any atom is -0.508 e. The number of halogens is 3. The largest absolute Gasteiger partial charge is 0.508 e. The lowest BCUT2D eigenvalue weighted by Crippen LogP contribution is -2.30. The molecule has 0 atom stereocenters. The van der Waals surface area contributed by atoms with Crippen LogP contribution in [0.25, 0.3) is 0 Å². The molecule has 0 heterocycles. The number of rotatable bonds is 3. The zero-order valence-electron chi connectivity index (χ0n) is 8.25. The van der Waals surface area contributed by atoms with E-state index in [-0.39, 0.29) is 12.3 Å². The van der Waals surface area contributed by atoms with Gasteiger partial charge in [0.25, 0.3) is 0 Å². The molecule has 0 fully saturated rings. The highest BCUT2D eigenvalue weighted by atomic mass is 19.4. The molecule has 5 heteroatoms. The first-order chi connectivity index (χ1) is 6.87. The predicted molar refractivity (Wildman–Crippen MR) is 50.5 cm³/mol. The van der Waals surface area contributed by atoms with Gasteiger partial charge in [0, 0.05) is 6.54 Å². The van der Waals surface area contributed by atoms with Crippen molar-refractivity contribution in [3.8, 4) is 5.75 Å². The Balaban J connectivity index is 2.51. The molecule has 1 rings (SSSR count). The first kappa shape index (κ1) is 11.8. The van der Waals surface area contributed by atoms with E-state index in [2.05, 4.69) is 0 Å². The van der Waals surface area contributed by atoms with Gasteiger partial charge >= 0.3 is 6.18 Å². The van der Waals surface area contributed by atoms with Gasteiger partial charge in [0.05, 0.1) is 6.54 Å². The lowest BCUT2D eigenvalue weighted by molar-refractivity contribution is -0.144. The molecule has 0 saturated carbocycles. The van der Waals surface area contributed by atoms with Crippen molar-refractivity contribution in [1.82, 2.24) is 4.90 Å². The maximum Gasteiger partial charge on any atom is 0.401 e. The molecule has 0 aliphatic carbocycles. The fourth-order valence-electron chi connectivity index (χ4n) is 1.27. The number of aromatic hydroxyl groups is 1. The third-order valence-electron chi connectivity index (χ3n) is 1.84. The molecule has 0 unspecified atom stereocenters.